The van der Waals surface area contributed by atoms with Crippen LogP contribution in [0.2, 0.25) is 0 Å². The van der Waals surface area contributed by atoms with Crippen molar-refractivity contribution >= 4 is 22.8 Å². The fourth-order valence-corrected chi connectivity index (χ4v) is 2.85. The Balaban J connectivity index is 1.41. The lowest BCUT2D eigenvalue weighted by Crippen LogP contribution is -2.43. The van der Waals surface area contributed by atoms with Crippen molar-refractivity contribution in [1.82, 2.24) is 25.7 Å². The minimum atomic E-state index is -0.246. The van der Waals surface area contributed by atoms with Crippen LogP contribution in [0.25, 0.3) is 10.9 Å². The number of aromatic amines is 1. The van der Waals surface area contributed by atoms with Crippen molar-refractivity contribution in [1.29, 1.82) is 0 Å². The van der Waals surface area contributed by atoms with Gasteiger partial charge in [0.2, 0.25) is 0 Å². The van der Waals surface area contributed by atoms with Crippen LogP contribution in [0.15, 0.2) is 24.3 Å². The molecule has 24 heavy (non-hydrogen) atoms. The maximum atomic E-state index is 12.2. The average molecular weight is 329 g/mol. The summed E-state index contributed by atoms with van der Waals surface area (Å²) in [5, 5.41) is 13.3. The molecule has 7 nitrogen and oxygen atoms in total. The molecular formula is C17H23N5O2. The summed E-state index contributed by atoms with van der Waals surface area (Å²) in [5.74, 6) is 0.401. The SMILES string of the molecule is CN(CC1CCC1)C(=O)NCCNC(=O)c1n[nH]c2ccccc12. The van der Waals surface area contributed by atoms with Gasteiger partial charge in [0, 0.05) is 32.1 Å². The number of fused-ring (bicyclic) bond motifs is 1. The first-order chi connectivity index (χ1) is 11.6. The van der Waals surface area contributed by atoms with E-state index in [9.17, 15) is 9.59 Å². The second kappa shape index (κ2) is 7.33. The number of hydrogen-bond donors (Lipinski definition) is 3. The van der Waals surface area contributed by atoms with Crippen molar-refractivity contribution in [3.8, 4) is 0 Å². The molecule has 0 radical (unpaired) electrons. The number of urea groups is 1. The van der Waals surface area contributed by atoms with Crippen LogP contribution in [0, 0.1) is 5.92 Å². The van der Waals surface area contributed by atoms with Crippen LogP contribution in [-0.4, -0.2) is 53.7 Å². The first-order valence-electron chi connectivity index (χ1n) is 8.35. The minimum absolute atomic E-state index is 0.0960. The lowest BCUT2D eigenvalue weighted by atomic mass is 9.85. The second-order valence-electron chi connectivity index (χ2n) is 6.28. The van der Waals surface area contributed by atoms with Crippen LogP contribution in [-0.2, 0) is 0 Å². The van der Waals surface area contributed by atoms with E-state index in [-0.39, 0.29) is 11.9 Å². The van der Waals surface area contributed by atoms with Crippen LogP contribution in [0.4, 0.5) is 4.79 Å². The number of nitrogens with zero attached hydrogens (tertiary/aromatic N) is 2. The van der Waals surface area contributed by atoms with E-state index in [4.69, 9.17) is 0 Å². The highest BCUT2D eigenvalue weighted by molar-refractivity contribution is 6.04. The molecule has 3 N–H and O–H groups in total. The summed E-state index contributed by atoms with van der Waals surface area (Å²) >= 11 is 0. The van der Waals surface area contributed by atoms with Crippen LogP contribution in [0.5, 0.6) is 0 Å². The average Bonchev–Trinajstić information content (AvgIpc) is 2.98. The highest BCUT2D eigenvalue weighted by Gasteiger charge is 2.21. The standard InChI is InChI=1S/C17H23N5O2/c1-22(11-12-5-4-6-12)17(24)19-10-9-18-16(23)15-13-7-2-3-8-14(13)20-21-15/h2-3,7-8,12H,4-6,9-11H2,1H3,(H,18,23)(H,19,24)(H,20,21). The number of aromatic nitrogens is 2. The molecule has 1 aromatic heterocycles. The molecule has 0 aliphatic heterocycles. The van der Waals surface area contributed by atoms with Crippen LogP contribution < -0.4 is 10.6 Å². The summed E-state index contributed by atoms with van der Waals surface area (Å²) < 4.78 is 0. The molecule has 128 valence electrons. The largest absolute Gasteiger partial charge is 0.349 e. The topological polar surface area (TPSA) is 90.1 Å². The van der Waals surface area contributed by atoms with Crippen molar-refractivity contribution in [3.63, 3.8) is 0 Å². The summed E-state index contributed by atoms with van der Waals surface area (Å²) in [6.07, 6.45) is 3.70. The summed E-state index contributed by atoms with van der Waals surface area (Å²) in [4.78, 5) is 25.8. The fourth-order valence-electron chi connectivity index (χ4n) is 2.85. The smallest absolute Gasteiger partial charge is 0.317 e. The van der Waals surface area contributed by atoms with Gasteiger partial charge in [-0.15, -0.1) is 0 Å². The van der Waals surface area contributed by atoms with Crippen LogP contribution in [0.1, 0.15) is 29.8 Å². The predicted octanol–water partition coefficient (Wildman–Crippen LogP) is 1.73. The van der Waals surface area contributed by atoms with Gasteiger partial charge in [-0.1, -0.05) is 24.6 Å². The van der Waals surface area contributed by atoms with Gasteiger partial charge in [0.1, 0.15) is 0 Å². The number of amides is 3. The van der Waals surface area contributed by atoms with Crippen molar-refractivity contribution in [2.45, 2.75) is 19.3 Å². The van der Waals surface area contributed by atoms with Gasteiger partial charge in [0.25, 0.3) is 5.91 Å². The summed E-state index contributed by atoms with van der Waals surface area (Å²) in [5.41, 5.74) is 1.20. The van der Waals surface area contributed by atoms with Crippen molar-refractivity contribution in [3.05, 3.63) is 30.0 Å². The molecule has 2 aromatic rings. The van der Waals surface area contributed by atoms with Crippen molar-refractivity contribution in [2.75, 3.05) is 26.7 Å². The molecule has 3 rings (SSSR count). The zero-order valence-electron chi connectivity index (χ0n) is 13.8. The zero-order valence-corrected chi connectivity index (χ0v) is 13.8. The molecule has 1 heterocycles. The predicted molar refractivity (Wildman–Crippen MR) is 91.8 cm³/mol. The first-order valence-corrected chi connectivity index (χ1v) is 8.35. The molecule has 1 aliphatic rings. The third-order valence-electron chi connectivity index (χ3n) is 4.48. The molecule has 0 saturated heterocycles. The number of carbonyl (C=O) groups is 2. The maximum absolute atomic E-state index is 12.2. The monoisotopic (exact) mass is 329 g/mol. The van der Waals surface area contributed by atoms with Gasteiger partial charge in [-0.25, -0.2) is 4.79 Å². The van der Waals surface area contributed by atoms with Gasteiger partial charge < -0.3 is 15.5 Å². The lowest BCUT2D eigenvalue weighted by Gasteiger charge is -2.30. The van der Waals surface area contributed by atoms with Gasteiger partial charge >= 0.3 is 6.03 Å². The third kappa shape index (κ3) is 3.67. The Morgan fingerprint density at radius 1 is 1.25 bits per heavy atom. The summed E-state index contributed by atoms with van der Waals surface area (Å²) in [7, 11) is 1.81. The minimum Gasteiger partial charge on any atom is -0.349 e. The number of rotatable bonds is 6. The number of nitrogens with one attached hydrogen (secondary N) is 3. The van der Waals surface area contributed by atoms with E-state index in [2.05, 4.69) is 20.8 Å². The van der Waals surface area contributed by atoms with Gasteiger partial charge in [-0.3, -0.25) is 9.89 Å². The van der Waals surface area contributed by atoms with Gasteiger partial charge in [-0.05, 0) is 24.8 Å². The molecule has 1 saturated carbocycles. The van der Waals surface area contributed by atoms with E-state index < -0.39 is 0 Å². The van der Waals surface area contributed by atoms with E-state index >= 15 is 0 Å². The number of hydrogen-bond acceptors (Lipinski definition) is 3. The quantitative estimate of drug-likeness (QED) is 0.705. The molecular weight excluding hydrogens is 306 g/mol. The first kappa shape index (κ1) is 16.3. The molecule has 1 fully saturated rings. The lowest BCUT2D eigenvalue weighted by molar-refractivity contribution is 0.0950. The van der Waals surface area contributed by atoms with Gasteiger partial charge in [0.05, 0.1) is 5.52 Å². The number of carbonyl (C=O) groups excluding carboxylic acids is 2. The molecule has 0 unspecified atom stereocenters. The Labute approximate surface area is 140 Å². The molecule has 0 atom stereocenters. The highest BCUT2D eigenvalue weighted by atomic mass is 16.2. The Morgan fingerprint density at radius 3 is 2.75 bits per heavy atom. The fraction of sp³-hybridized carbons (Fsp3) is 0.471. The zero-order chi connectivity index (χ0) is 16.9. The van der Waals surface area contributed by atoms with E-state index in [1.165, 1.54) is 19.3 Å². The number of para-hydroxylation sites is 1. The Bertz CT molecular complexity index is 723. The molecule has 7 heteroatoms. The van der Waals surface area contributed by atoms with Crippen LogP contribution >= 0.6 is 0 Å². The van der Waals surface area contributed by atoms with E-state index in [1.807, 2.05) is 31.3 Å². The van der Waals surface area contributed by atoms with Crippen LogP contribution in [0.3, 0.4) is 0 Å². The highest BCUT2D eigenvalue weighted by Crippen LogP contribution is 2.26. The number of H-pyrrole nitrogens is 1. The van der Waals surface area contributed by atoms with E-state index in [1.54, 1.807) is 4.90 Å². The molecule has 3 amide bonds. The van der Waals surface area contributed by atoms with E-state index in [0.717, 1.165) is 17.4 Å². The molecule has 1 aromatic carbocycles. The normalized spacial score (nSPS) is 14.2. The van der Waals surface area contributed by atoms with Gasteiger partial charge in [-0.2, -0.15) is 5.10 Å². The number of benzene rings is 1. The summed E-state index contributed by atoms with van der Waals surface area (Å²) in [6, 6.07) is 7.38. The van der Waals surface area contributed by atoms with Crippen molar-refractivity contribution in [2.24, 2.45) is 5.92 Å². The summed E-state index contributed by atoms with van der Waals surface area (Å²) in [6.45, 7) is 1.56. The molecule has 0 bridgehead atoms. The molecule has 1 aliphatic carbocycles. The Kier molecular flexibility index (Phi) is 4.98. The van der Waals surface area contributed by atoms with Gasteiger partial charge in [0.15, 0.2) is 5.69 Å². The third-order valence-corrected chi connectivity index (χ3v) is 4.48. The van der Waals surface area contributed by atoms with Crippen molar-refractivity contribution < 1.29 is 9.59 Å². The Hall–Kier alpha value is -2.57. The second-order valence-corrected chi connectivity index (χ2v) is 6.28. The van der Waals surface area contributed by atoms with E-state index in [0.29, 0.717) is 24.7 Å². The molecule has 0 spiro atoms. The Morgan fingerprint density at radius 2 is 2.00 bits per heavy atom. The maximum Gasteiger partial charge on any atom is 0.317 e.